The fourth-order valence-corrected chi connectivity index (χ4v) is 13.0. The van der Waals surface area contributed by atoms with Crippen LogP contribution in [0.3, 0.4) is 0 Å². The zero-order valence-corrected chi connectivity index (χ0v) is 83.6. The van der Waals surface area contributed by atoms with Gasteiger partial charge in [0.2, 0.25) is 0 Å². The Morgan fingerprint density at radius 1 is 0.443 bits per heavy atom. The van der Waals surface area contributed by atoms with E-state index in [0.29, 0.717) is 111 Å². The molecule has 0 amide bonds. The molecular formula is C88H120BBr4ClMnO36. The molecule has 4 aliphatic rings. The molecule has 0 atom stereocenters. The summed E-state index contributed by atoms with van der Waals surface area (Å²) in [5, 5.41) is 35.7. The summed E-state index contributed by atoms with van der Waals surface area (Å²) < 4.78 is 148. The molecule has 1 heterocycles. The summed E-state index contributed by atoms with van der Waals surface area (Å²) in [5.74, 6) is 3.37. The van der Waals surface area contributed by atoms with Gasteiger partial charge in [-0.05, 0) is 238 Å². The van der Waals surface area contributed by atoms with Gasteiger partial charge in [-0.15, -0.1) is 0 Å². The summed E-state index contributed by atoms with van der Waals surface area (Å²) in [6, 6.07) is 18.9. The average Bonchev–Trinajstić information content (AvgIpc) is 1.60. The number of rotatable bonds is 42. The van der Waals surface area contributed by atoms with Gasteiger partial charge in [0.25, 0.3) is 0 Å². The summed E-state index contributed by atoms with van der Waals surface area (Å²) in [4.78, 5) is 55.3. The van der Waals surface area contributed by atoms with Crippen molar-refractivity contribution in [1.82, 2.24) is 0 Å². The second-order valence-electron chi connectivity index (χ2n) is 27.7. The summed E-state index contributed by atoms with van der Waals surface area (Å²) in [7, 11) is 18.2. The van der Waals surface area contributed by atoms with Crippen LogP contribution < -0.4 is 47.4 Å². The van der Waals surface area contributed by atoms with Gasteiger partial charge in [0.1, 0.15) is 112 Å². The van der Waals surface area contributed by atoms with Crippen molar-refractivity contribution in [2.45, 2.75) is 123 Å². The van der Waals surface area contributed by atoms with Crippen molar-refractivity contribution in [1.29, 1.82) is 0 Å². The van der Waals surface area contributed by atoms with E-state index in [2.05, 4.69) is 108 Å². The van der Waals surface area contributed by atoms with Crippen molar-refractivity contribution in [2.75, 3.05) is 166 Å². The molecule has 4 N–H and O–H groups in total. The number of hydrogen-bond acceptors (Lipinski definition) is 35. The summed E-state index contributed by atoms with van der Waals surface area (Å²) in [5.41, 5.74) is 6.27. The number of benzene rings is 6. The summed E-state index contributed by atoms with van der Waals surface area (Å²) in [6.07, 6.45) is 18.0. The number of carbonyl (C=O) groups is 5. The first-order valence-corrected chi connectivity index (χ1v) is 43.9. The van der Waals surface area contributed by atoms with E-state index in [1.165, 1.54) is 98.6 Å². The molecule has 6 aromatic carbocycles. The number of carboxylic acids is 1. The Bertz CT molecular complexity index is 4270. The van der Waals surface area contributed by atoms with Gasteiger partial charge >= 0.3 is 41.5 Å². The van der Waals surface area contributed by atoms with Crippen LogP contribution in [-0.2, 0) is 100.0 Å². The maximum absolute atomic E-state index is 11.9. The zero-order chi connectivity index (χ0) is 97.0. The van der Waals surface area contributed by atoms with E-state index < -0.39 is 26.8 Å². The Morgan fingerprint density at radius 3 is 1.05 bits per heavy atom. The first-order valence-electron chi connectivity index (χ1n) is 39.2. The molecule has 43 heteroatoms. The van der Waals surface area contributed by atoms with Crippen LogP contribution in [0.5, 0.6) is 69.0 Å². The standard InChI is InChI=1S/C16H22O5.C16H20O5.C13H17BrO7.C11H19BO2.C11H15BrO5.C11H13BrO5.C7H5BrO4.C2H5ClO.CH4.Mn.2O/c2*1-18-10-20-14-7-12(9-17)8-15(21-11-19-2)16(14)13-5-3-4-6-13;1-16-6-19-10-4-9(13(15)21-8-18-3)5-11(12(10)14)20-7-17-2;1-10(2)11(3,4)14-12(13-10)9-7-5-6-8-9;2*1-14-6-16-9-3-8(5-13)4-10(11(9)12)17-7-15-2;8-6-4(9)1-3(7(11)12)2-5(6)10;1-4-2-3;;;;/h7-9,13H,3-6,10-11H2,1-2H3;5,7-9H,3-4,6,10-11H2,1-2H3;4-5H,6-8H2,1-3H3;7H,5-6,8H2,1-4H3;3-4,13H,5-7H2,1-2H3;3-5H,6-7H2,1-2H3;1-2,9-10H,(H,11,12);2H2,1H3;1H4;;;. The first-order chi connectivity index (χ1) is 62.4. The zero-order valence-electron chi connectivity index (χ0n) is 75.4. The average molecular weight is 2170 g/mol. The van der Waals surface area contributed by atoms with Crippen molar-refractivity contribution in [2.24, 2.45) is 0 Å². The third-order valence-corrected chi connectivity index (χ3v) is 21.3. The molecule has 0 radical (unpaired) electrons. The minimum absolute atomic E-state index is 0. The number of allylic oxidation sites excluding steroid dienone is 4. The molecule has 0 bridgehead atoms. The van der Waals surface area contributed by atoms with Gasteiger partial charge in [0, 0.05) is 108 Å². The predicted molar refractivity (Wildman–Crippen MR) is 491 cm³/mol. The minimum atomic E-state index is -1.44. The Labute approximate surface area is 809 Å². The number of methoxy groups -OCH3 is 12. The summed E-state index contributed by atoms with van der Waals surface area (Å²) >= 11 is 16.4. The molecule has 3 aliphatic carbocycles. The van der Waals surface area contributed by atoms with E-state index in [1.807, 2.05) is 0 Å². The predicted octanol–water partition coefficient (Wildman–Crippen LogP) is 18.0. The number of phenolic OH excluding ortho intramolecular Hbond substituents is 2. The molecule has 1 saturated heterocycles. The molecule has 733 valence electrons. The van der Waals surface area contributed by atoms with Gasteiger partial charge in [-0.3, -0.25) is 14.4 Å². The van der Waals surface area contributed by atoms with Crippen LogP contribution in [0.25, 0.3) is 5.57 Å². The van der Waals surface area contributed by atoms with Crippen molar-refractivity contribution in [3.63, 3.8) is 0 Å². The van der Waals surface area contributed by atoms with Crippen LogP contribution in [-0.4, -0.2) is 236 Å². The second-order valence-corrected chi connectivity index (χ2v) is 31.2. The molecule has 1 saturated carbocycles. The monoisotopic (exact) mass is 2170 g/mol. The van der Waals surface area contributed by atoms with Crippen LogP contribution in [0.2, 0.25) is 0 Å². The number of hydrogen-bond donors (Lipinski definition) is 4. The van der Waals surface area contributed by atoms with Gasteiger partial charge < -0.3 is 139 Å². The van der Waals surface area contributed by atoms with E-state index in [1.54, 1.807) is 84.1 Å². The third kappa shape index (κ3) is 43.6. The molecular weight excluding hydrogens is 2050 g/mol. The normalized spacial score (nSPS) is 13.3. The Balaban J connectivity index is 0.000000758. The number of halogens is 5. The Morgan fingerprint density at radius 2 is 0.748 bits per heavy atom. The van der Waals surface area contributed by atoms with E-state index in [4.69, 9.17) is 153 Å². The van der Waals surface area contributed by atoms with E-state index in [9.17, 15) is 24.0 Å². The SMILES string of the molecule is C.CC1(C)OB(C2=CCCC2)OC1(C)C.COCCl.COCOC(=O)c1cc(OCOC)c(Br)c(OCOC)c1.COCOc1cc(C=O)cc(OCOC)c1Br.COCOc1cc(C=O)cc(OCOC)c1C1=CCCC1.COCOc1cc(C=O)cc(OCOC)c1C1CCCC1.COCOc1cc(CO)cc(OCOC)c1Br.O=C(O)c1cc(O)c(Br)c(O)c1.[O]=[Mn]=[O]. The molecule has 2 fully saturated rings. The Kier molecular flexibility index (Phi) is 64.6. The molecule has 1 aliphatic heterocycles. The van der Waals surface area contributed by atoms with Crippen LogP contribution in [0.15, 0.2) is 108 Å². The molecule has 0 spiro atoms. The fourth-order valence-electron chi connectivity index (χ4n) is 11.4. The number of aliphatic hydroxyl groups excluding tert-OH is 1. The molecule has 0 unspecified atom stereocenters. The Hall–Kier alpha value is -7.86. The summed E-state index contributed by atoms with van der Waals surface area (Å²) in [6.45, 7) is 9.16. The van der Waals surface area contributed by atoms with Crippen molar-refractivity contribution in [3.8, 4) is 69.0 Å². The quantitative estimate of drug-likeness (QED) is 0.00909. The number of aliphatic hydroxyl groups is 1. The number of carbonyl (C=O) groups excluding carboxylic acids is 4. The first kappa shape index (κ1) is 121. The molecule has 6 aromatic rings. The number of phenols is 2. The number of ether oxygens (including phenoxy) is 23. The van der Waals surface area contributed by atoms with Gasteiger partial charge in [-0.25, -0.2) is 9.59 Å². The molecule has 0 aromatic heterocycles. The topological polar surface area (TPSA) is 431 Å². The van der Waals surface area contributed by atoms with Gasteiger partial charge in [-0.2, -0.15) is 0 Å². The van der Waals surface area contributed by atoms with Crippen molar-refractivity contribution in [3.05, 3.63) is 153 Å². The van der Waals surface area contributed by atoms with Crippen LogP contribution >= 0.6 is 75.3 Å². The number of aromatic carboxylic acids is 1. The number of esters is 1. The number of aldehydes is 3. The van der Waals surface area contributed by atoms with Gasteiger partial charge in [-0.1, -0.05) is 44.0 Å². The van der Waals surface area contributed by atoms with Crippen molar-refractivity contribution < 1.29 is 185 Å². The number of carboxylic acid groups (broad SMARTS) is 1. The van der Waals surface area contributed by atoms with Crippen LogP contribution in [0.4, 0.5) is 0 Å². The van der Waals surface area contributed by atoms with Gasteiger partial charge in [0.05, 0.1) is 34.5 Å². The second kappa shape index (κ2) is 69.9. The number of alkyl halides is 1. The fraction of sp³-hybridized carbons (Fsp3) is 0.489. The molecule has 10 rings (SSSR count). The van der Waals surface area contributed by atoms with Crippen LogP contribution in [0.1, 0.15) is 174 Å². The number of aromatic hydroxyl groups is 2. The van der Waals surface area contributed by atoms with E-state index in [-0.39, 0.29) is 134 Å². The van der Waals surface area contributed by atoms with E-state index in [0.717, 1.165) is 74.4 Å². The van der Waals surface area contributed by atoms with Crippen LogP contribution in [0, 0.1) is 0 Å². The maximum atomic E-state index is 11.9. The third-order valence-electron chi connectivity index (χ3n) is 17.9. The molecule has 131 heavy (non-hydrogen) atoms. The van der Waals surface area contributed by atoms with Crippen molar-refractivity contribution >= 4 is 119 Å². The molecule has 36 nitrogen and oxygen atoms in total. The van der Waals surface area contributed by atoms with Gasteiger partial charge in [0.15, 0.2) is 74.7 Å². The van der Waals surface area contributed by atoms with E-state index >= 15 is 0 Å².